The number of carbonyl (C=O) groups is 1. The molecule has 0 aliphatic carbocycles. The van der Waals surface area contributed by atoms with Crippen LogP contribution in [0.3, 0.4) is 0 Å². The van der Waals surface area contributed by atoms with Crippen LogP contribution in [0.2, 0.25) is 0 Å². The van der Waals surface area contributed by atoms with Crippen molar-refractivity contribution in [3.05, 3.63) is 35.9 Å². The first-order chi connectivity index (χ1) is 7.50. The number of likely N-dealkylation sites (tertiary alicyclic amines) is 1. The fourth-order valence-electron chi connectivity index (χ4n) is 1.72. The molecule has 16 heavy (non-hydrogen) atoms. The van der Waals surface area contributed by atoms with Crippen LogP contribution < -0.4 is 0 Å². The maximum Gasteiger partial charge on any atom is 0.408 e. The van der Waals surface area contributed by atoms with Crippen molar-refractivity contribution in [3.8, 4) is 0 Å². The molecule has 1 heterocycles. The minimum atomic E-state index is -4.32. The van der Waals surface area contributed by atoms with Gasteiger partial charge in [0.1, 0.15) is 6.04 Å². The summed E-state index contributed by atoms with van der Waals surface area (Å²) in [5.74, 6) is -0.547. The quantitative estimate of drug-likeness (QED) is 0.724. The lowest BCUT2D eigenvalue weighted by Crippen LogP contribution is -2.58. The molecule has 1 aromatic rings. The van der Waals surface area contributed by atoms with E-state index in [2.05, 4.69) is 0 Å². The van der Waals surface area contributed by atoms with Crippen molar-refractivity contribution in [1.82, 2.24) is 4.90 Å². The predicted molar refractivity (Wildman–Crippen MR) is 51.9 cm³/mol. The molecule has 2 nitrogen and oxygen atoms in total. The van der Waals surface area contributed by atoms with Crippen molar-refractivity contribution in [2.24, 2.45) is 0 Å². The molecule has 1 aliphatic rings. The van der Waals surface area contributed by atoms with Gasteiger partial charge in [0, 0.05) is 12.1 Å². The van der Waals surface area contributed by atoms with Crippen LogP contribution >= 0.6 is 0 Å². The Morgan fingerprint density at radius 2 is 1.88 bits per heavy atom. The van der Waals surface area contributed by atoms with Crippen molar-refractivity contribution in [3.63, 3.8) is 0 Å². The average molecular weight is 229 g/mol. The number of nitrogens with zero attached hydrogens (tertiary/aromatic N) is 1. The fraction of sp³-hybridized carbons (Fsp3) is 0.364. The van der Waals surface area contributed by atoms with E-state index >= 15 is 0 Å². The molecular weight excluding hydrogens is 219 g/mol. The summed E-state index contributed by atoms with van der Waals surface area (Å²) < 4.78 is 37.3. The lowest BCUT2D eigenvalue weighted by atomic mass is 10.0. The zero-order valence-corrected chi connectivity index (χ0v) is 8.37. The molecule has 0 spiro atoms. The van der Waals surface area contributed by atoms with E-state index in [1.54, 1.807) is 18.2 Å². The lowest BCUT2D eigenvalue weighted by Gasteiger charge is -2.41. The molecule has 0 aromatic heterocycles. The summed E-state index contributed by atoms with van der Waals surface area (Å²) in [6.45, 7) is 0.178. The molecular formula is C11H10F3NO. The molecule has 2 rings (SSSR count). The van der Waals surface area contributed by atoms with Gasteiger partial charge >= 0.3 is 6.18 Å². The van der Waals surface area contributed by atoms with Crippen LogP contribution in [0.25, 0.3) is 0 Å². The molecule has 1 aromatic carbocycles. The van der Waals surface area contributed by atoms with Crippen molar-refractivity contribution in [2.75, 3.05) is 6.54 Å². The standard InChI is InChI=1S/C11H10F3NO/c12-11(13,14)9-6-7-15(9)10(16)8-4-2-1-3-5-8/h1-5,9H,6-7H2. The second-order valence-corrected chi connectivity index (χ2v) is 3.71. The van der Waals surface area contributed by atoms with Crippen LogP contribution in [0.1, 0.15) is 16.8 Å². The van der Waals surface area contributed by atoms with E-state index in [-0.39, 0.29) is 13.0 Å². The molecule has 1 saturated heterocycles. The highest BCUT2D eigenvalue weighted by atomic mass is 19.4. The van der Waals surface area contributed by atoms with E-state index in [1.807, 2.05) is 0 Å². The molecule has 1 aliphatic heterocycles. The summed E-state index contributed by atoms with van der Waals surface area (Å²) >= 11 is 0. The summed E-state index contributed by atoms with van der Waals surface area (Å²) in [6.07, 6.45) is -4.31. The van der Waals surface area contributed by atoms with Crippen LogP contribution in [0, 0.1) is 0 Å². The zero-order valence-electron chi connectivity index (χ0n) is 8.37. The van der Waals surface area contributed by atoms with Gasteiger partial charge in [-0.2, -0.15) is 13.2 Å². The summed E-state index contributed by atoms with van der Waals surface area (Å²) in [4.78, 5) is 12.6. The number of alkyl halides is 3. The van der Waals surface area contributed by atoms with Crippen molar-refractivity contribution in [1.29, 1.82) is 0 Å². The topological polar surface area (TPSA) is 20.3 Å². The first kappa shape index (κ1) is 11.0. The molecule has 1 atom stereocenters. The lowest BCUT2D eigenvalue weighted by molar-refractivity contribution is -0.199. The van der Waals surface area contributed by atoms with Crippen molar-refractivity contribution in [2.45, 2.75) is 18.6 Å². The highest BCUT2D eigenvalue weighted by Crippen LogP contribution is 2.34. The molecule has 1 unspecified atom stereocenters. The molecule has 1 amide bonds. The van der Waals surface area contributed by atoms with Crippen LogP contribution in [-0.4, -0.2) is 29.6 Å². The maximum absolute atomic E-state index is 12.4. The number of carbonyl (C=O) groups excluding carboxylic acids is 1. The van der Waals surface area contributed by atoms with Crippen molar-refractivity contribution >= 4 is 5.91 Å². The van der Waals surface area contributed by atoms with Gasteiger partial charge in [-0.3, -0.25) is 4.79 Å². The Labute approximate surface area is 90.7 Å². The van der Waals surface area contributed by atoms with Gasteiger partial charge in [-0.1, -0.05) is 18.2 Å². The van der Waals surface area contributed by atoms with Gasteiger partial charge in [-0.25, -0.2) is 0 Å². The third-order valence-electron chi connectivity index (χ3n) is 2.68. The second kappa shape index (κ2) is 3.81. The fourth-order valence-corrected chi connectivity index (χ4v) is 1.72. The number of amides is 1. The van der Waals surface area contributed by atoms with Crippen molar-refractivity contribution < 1.29 is 18.0 Å². The first-order valence-electron chi connectivity index (χ1n) is 4.93. The van der Waals surface area contributed by atoms with Crippen LogP contribution in [-0.2, 0) is 0 Å². The Hall–Kier alpha value is -1.52. The minimum absolute atomic E-state index is 0.00206. The van der Waals surface area contributed by atoms with Crippen LogP contribution in [0.15, 0.2) is 30.3 Å². The van der Waals surface area contributed by atoms with Gasteiger partial charge in [-0.05, 0) is 18.6 Å². The number of halogens is 3. The molecule has 86 valence electrons. The molecule has 5 heteroatoms. The van der Waals surface area contributed by atoms with Crippen LogP contribution in [0.4, 0.5) is 13.2 Å². The largest absolute Gasteiger partial charge is 0.408 e. The first-order valence-corrected chi connectivity index (χ1v) is 4.93. The molecule has 0 saturated carbocycles. The van der Waals surface area contributed by atoms with Gasteiger partial charge < -0.3 is 4.90 Å². The van der Waals surface area contributed by atoms with E-state index in [0.29, 0.717) is 5.56 Å². The predicted octanol–water partition coefficient (Wildman–Crippen LogP) is 2.46. The zero-order chi connectivity index (χ0) is 11.8. The Balaban J connectivity index is 2.13. The Bertz CT molecular complexity index is 388. The van der Waals surface area contributed by atoms with Gasteiger partial charge in [0.2, 0.25) is 0 Å². The molecule has 0 N–H and O–H groups in total. The van der Waals surface area contributed by atoms with E-state index in [0.717, 1.165) is 4.90 Å². The molecule has 0 bridgehead atoms. The van der Waals surface area contributed by atoms with E-state index < -0.39 is 18.1 Å². The number of hydrogen-bond acceptors (Lipinski definition) is 1. The summed E-state index contributed by atoms with van der Waals surface area (Å²) in [7, 11) is 0. The molecule has 0 radical (unpaired) electrons. The Morgan fingerprint density at radius 3 is 2.31 bits per heavy atom. The monoisotopic (exact) mass is 229 g/mol. The van der Waals surface area contributed by atoms with E-state index in [4.69, 9.17) is 0 Å². The van der Waals surface area contributed by atoms with E-state index in [1.165, 1.54) is 12.1 Å². The highest BCUT2D eigenvalue weighted by Gasteiger charge is 2.50. The van der Waals surface area contributed by atoms with E-state index in [9.17, 15) is 18.0 Å². The number of benzene rings is 1. The summed E-state index contributed by atoms with van der Waals surface area (Å²) in [6, 6.07) is 6.42. The third-order valence-corrected chi connectivity index (χ3v) is 2.68. The SMILES string of the molecule is O=C(c1ccccc1)N1CCC1C(F)(F)F. The second-order valence-electron chi connectivity index (χ2n) is 3.71. The normalized spacial score (nSPS) is 20.4. The minimum Gasteiger partial charge on any atom is -0.326 e. The molecule has 1 fully saturated rings. The maximum atomic E-state index is 12.4. The Morgan fingerprint density at radius 1 is 1.25 bits per heavy atom. The number of rotatable bonds is 1. The highest BCUT2D eigenvalue weighted by molar-refractivity contribution is 5.94. The van der Waals surface area contributed by atoms with Gasteiger partial charge in [0.25, 0.3) is 5.91 Å². The summed E-state index contributed by atoms with van der Waals surface area (Å²) in [5.41, 5.74) is 0.302. The van der Waals surface area contributed by atoms with Gasteiger partial charge in [-0.15, -0.1) is 0 Å². The van der Waals surface area contributed by atoms with Gasteiger partial charge in [0.05, 0.1) is 0 Å². The third kappa shape index (κ3) is 1.89. The average Bonchev–Trinajstić information content (AvgIpc) is 2.14. The smallest absolute Gasteiger partial charge is 0.326 e. The summed E-state index contributed by atoms with van der Waals surface area (Å²) in [5, 5.41) is 0. The van der Waals surface area contributed by atoms with Gasteiger partial charge in [0.15, 0.2) is 0 Å². The Kier molecular flexibility index (Phi) is 2.61. The number of hydrogen-bond donors (Lipinski definition) is 0. The van der Waals surface area contributed by atoms with Crippen LogP contribution in [0.5, 0.6) is 0 Å².